The van der Waals surface area contributed by atoms with E-state index in [0.29, 0.717) is 5.92 Å². The monoisotopic (exact) mass is 321 g/mol. The summed E-state index contributed by atoms with van der Waals surface area (Å²) in [5, 5.41) is 7.94. The van der Waals surface area contributed by atoms with Gasteiger partial charge in [0.05, 0.1) is 16.7 Å². The van der Waals surface area contributed by atoms with E-state index >= 15 is 0 Å². The topological polar surface area (TPSA) is 29.9 Å². The summed E-state index contributed by atoms with van der Waals surface area (Å²) in [5.74, 6) is 0.654. The molecule has 1 N–H and O–H groups in total. The number of hydrogen-bond acceptors (Lipinski definition) is 2. The first-order valence-electron chi connectivity index (χ1n) is 6.62. The summed E-state index contributed by atoms with van der Waals surface area (Å²) >= 11 is 3.46. The van der Waals surface area contributed by atoms with Crippen molar-refractivity contribution in [3.63, 3.8) is 0 Å². The number of nitrogens with zero attached hydrogens (tertiary/aromatic N) is 2. The first-order chi connectivity index (χ1) is 9.16. The van der Waals surface area contributed by atoms with Gasteiger partial charge in [-0.25, -0.2) is 0 Å². The molecule has 0 fully saturated rings. The fourth-order valence-electron chi connectivity index (χ4n) is 2.03. The van der Waals surface area contributed by atoms with Crippen molar-refractivity contribution >= 4 is 15.9 Å². The van der Waals surface area contributed by atoms with Crippen LogP contribution in [-0.4, -0.2) is 22.9 Å². The Morgan fingerprint density at radius 2 is 1.95 bits per heavy atom. The first kappa shape index (κ1) is 14.3. The maximum atomic E-state index is 4.42. The molecule has 4 heteroatoms. The van der Waals surface area contributed by atoms with E-state index in [1.807, 2.05) is 23.1 Å². The predicted octanol–water partition coefficient (Wildman–Crippen LogP) is 3.48. The van der Waals surface area contributed by atoms with Gasteiger partial charge >= 0.3 is 0 Å². The summed E-state index contributed by atoms with van der Waals surface area (Å²) < 4.78 is 3.02. The molecule has 0 saturated heterocycles. The lowest BCUT2D eigenvalue weighted by Gasteiger charge is -2.19. The van der Waals surface area contributed by atoms with Gasteiger partial charge < -0.3 is 5.32 Å². The van der Waals surface area contributed by atoms with Crippen LogP contribution in [0.25, 0.3) is 0 Å². The molecule has 1 aromatic carbocycles. The number of nitrogens with one attached hydrogen (secondary N) is 1. The van der Waals surface area contributed by atoms with E-state index in [9.17, 15) is 0 Å². The van der Waals surface area contributed by atoms with Gasteiger partial charge in [-0.2, -0.15) is 5.10 Å². The molecule has 0 saturated carbocycles. The van der Waals surface area contributed by atoms with Crippen molar-refractivity contribution in [2.75, 3.05) is 13.1 Å². The number of aromatic nitrogens is 2. The second-order valence-corrected chi connectivity index (χ2v) is 6.03. The number of halogens is 1. The van der Waals surface area contributed by atoms with Crippen molar-refractivity contribution in [3.05, 3.63) is 52.8 Å². The van der Waals surface area contributed by atoms with E-state index < -0.39 is 0 Å². The van der Waals surface area contributed by atoms with Crippen LogP contribution in [0.2, 0.25) is 0 Å². The van der Waals surface area contributed by atoms with E-state index in [1.165, 1.54) is 5.56 Å². The Labute approximate surface area is 123 Å². The zero-order valence-electron chi connectivity index (χ0n) is 11.4. The standard InChI is InChI=1S/C15H20BrN3/c1-12(2)8-17-10-15(13-6-4-3-5-7-13)19-11-14(16)9-18-19/h3-7,9,11-12,15,17H,8,10H2,1-2H3. The highest BCUT2D eigenvalue weighted by Crippen LogP contribution is 2.19. The summed E-state index contributed by atoms with van der Waals surface area (Å²) in [4.78, 5) is 0. The summed E-state index contributed by atoms with van der Waals surface area (Å²) in [6.07, 6.45) is 3.85. The van der Waals surface area contributed by atoms with Crippen molar-refractivity contribution in [2.24, 2.45) is 5.92 Å². The van der Waals surface area contributed by atoms with Gasteiger partial charge in [0.1, 0.15) is 0 Å². The van der Waals surface area contributed by atoms with Crippen molar-refractivity contribution in [2.45, 2.75) is 19.9 Å². The molecule has 19 heavy (non-hydrogen) atoms. The molecule has 2 rings (SSSR count). The number of hydrogen-bond donors (Lipinski definition) is 1. The van der Waals surface area contributed by atoms with E-state index in [-0.39, 0.29) is 6.04 Å². The average Bonchev–Trinajstić information content (AvgIpc) is 2.82. The molecule has 0 amide bonds. The molecule has 1 unspecified atom stereocenters. The highest BCUT2D eigenvalue weighted by Gasteiger charge is 2.14. The average molecular weight is 322 g/mol. The van der Waals surface area contributed by atoms with Gasteiger partial charge in [0, 0.05) is 12.7 Å². The molecule has 1 aromatic heterocycles. The van der Waals surface area contributed by atoms with Crippen molar-refractivity contribution in [3.8, 4) is 0 Å². The Kier molecular flexibility index (Phi) is 5.16. The predicted molar refractivity (Wildman–Crippen MR) is 82.2 cm³/mol. The van der Waals surface area contributed by atoms with E-state index in [0.717, 1.165) is 17.6 Å². The molecule has 1 heterocycles. The van der Waals surface area contributed by atoms with Crippen molar-refractivity contribution < 1.29 is 0 Å². The maximum absolute atomic E-state index is 4.42. The second-order valence-electron chi connectivity index (χ2n) is 5.12. The summed E-state index contributed by atoms with van der Waals surface area (Å²) in [6.45, 7) is 6.34. The van der Waals surface area contributed by atoms with Gasteiger partial charge in [-0.1, -0.05) is 44.2 Å². The summed E-state index contributed by atoms with van der Waals surface area (Å²) in [7, 11) is 0. The molecular weight excluding hydrogens is 302 g/mol. The van der Waals surface area contributed by atoms with E-state index in [2.05, 4.69) is 64.5 Å². The lowest BCUT2D eigenvalue weighted by molar-refractivity contribution is 0.456. The van der Waals surface area contributed by atoms with Crippen LogP contribution in [-0.2, 0) is 0 Å². The van der Waals surface area contributed by atoms with Crippen LogP contribution >= 0.6 is 15.9 Å². The highest BCUT2D eigenvalue weighted by molar-refractivity contribution is 9.10. The molecule has 1 atom stereocenters. The van der Waals surface area contributed by atoms with Crippen LogP contribution in [0.3, 0.4) is 0 Å². The minimum Gasteiger partial charge on any atom is -0.314 e. The number of rotatable bonds is 6. The Morgan fingerprint density at radius 1 is 1.21 bits per heavy atom. The second kappa shape index (κ2) is 6.87. The third-order valence-corrected chi connectivity index (χ3v) is 3.37. The van der Waals surface area contributed by atoms with Crippen LogP contribution in [0.1, 0.15) is 25.5 Å². The van der Waals surface area contributed by atoms with Gasteiger partial charge in [-0.05, 0) is 34.0 Å². The highest BCUT2D eigenvalue weighted by atomic mass is 79.9. The van der Waals surface area contributed by atoms with Gasteiger partial charge in [0.15, 0.2) is 0 Å². The summed E-state index contributed by atoms with van der Waals surface area (Å²) in [5.41, 5.74) is 1.27. The minimum absolute atomic E-state index is 0.228. The number of benzene rings is 1. The van der Waals surface area contributed by atoms with Crippen molar-refractivity contribution in [1.29, 1.82) is 0 Å². The Morgan fingerprint density at radius 3 is 2.53 bits per heavy atom. The van der Waals surface area contributed by atoms with Crippen LogP contribution in [0.4, 0.5) is 0 Å². The van der Waals surface area contributed by atoms with Crippen LogP contribution in [0, 0.1) is 5.92 Å². The Bertz CT molecular complexity index is 493. The molecule has 3 nitrogen and oxygen atoms in total. The third-order valence-electron chi connectivity index (χ3n) is 2.96. The molecule has 0 aliphatic heterocycles. The zero-order chi connectivity index (χ0) is 13.7. The molecule has 0 aliphatic carbocycles. The lowest BCUT2D eigenvalue weighted by Crippen LogP contribution is -2.29. The van der Waals surface area contributed by atoms with Gasteiger partial charge in [-0.3, -0.25) is 4.68 Å². The first-order valence-corrected chi connectivity index (χ1v) is 7.41. The molecule has 0 radical (unpaired) electrons. The van der Waals surface area contributed by atoms with Crippen LogP contribution in [0.5, 0.6) is 0 Å². The van der Waals surface area contributed by atoms with Gasteiger partial charge in [0.25, 0.3) is 0 Å². The maximum Gasteiger partial charge on any atom is 0.0893 e. The van der Waals surface area contributed by atoms with E-state index in [4.69, 9.17) is 0 Å². The molecule has 0 aliphatic rings. The molecular formula is C15H20BrN3. The Balaban J connectivity index is 2.14. The minimum atomic E-state index is 0.228. The normalized spacial score (nSPS) is 12.8. The van der Waals surface area contributed by atoms with E-state index in [1.54, 1.807) is 0 Å². The van der Waals surface area contributed by atoms with Crippen LogP contribution < -0.4 is 5.32 Å². The fraction of sp³-hybridized carbons (Fsp3) is 0.400. The molecule has 102 valence electrons. The lowest BCUT2D eigenvalue weighted by atomic mass is 10.1. The van der Waals surface area contributed by atoms with Crippen molar-refractivity contribution in [1.82, 2.24) is 15.1 Å². The summed E-state index contributed by atoms with van der Waals surface area (Å²) in [6, 6.07) is 10.7. The molecule has 2 aromatic rings. The fourth-order valence-corrected chi connectivity index (χ4v) is 2.33. The Hall–Kier alpha value is -1.13. The quantitative estimate of drug-likeness (QED) is 0.882. The largest absolute Gasteiger partial charge is 0.314 e. The smallest absolute Gasteiger partial charge is 0.0893 e. The third kappa shape index (κ3) is 4.18. The van der Waals surface area contributed by atoms with Gasteiger partial charge in [0.2, 0.25) is 0 Å². The van der Waals surface area contributed by atoms with Crippen LogP contribution in [0.15, 0.2) is 47.2 Å². The SMILES string of the molecule is CC(C)CNCC(c1ccccc1)n1cc(Br)cn1. The molecule has 0 spiro atoms. The molecule has 0 bridgehead atoms. The van der Waals surface area contributed by atoms with Gasteiger partial charge in [-0.15, -0.1) is 0 Å². The zero-order valence-corrected chi connectivity index (χ0v) is 13.0.